The summed E-state index contributed by atoms with van der Waals surface area (Å²) in [6.45, 7) is 17.7. The first-order valence-corrected chi connectivity index (χ1v) is 20.1. The molecule has 0 spiro atoms. The Morgan fingerprint density at radius 1 is 0.540 bits per heavy atom. The highest BCUT2D eigenvalue weighted by atomic mass is 16.7. The molecule has 3 heterocycles. The molecule has 15 atom stereocenters. The molecule has 4 amide bonds. The molecule has 0 aromatic heterocycles. The van der Waals surface area contributed by atoms with E-state index in [0.717, 1.165) is 0 Å². The lowest BCUT2D eigenvalue weighted by Crippen LogP contribution is -2.71. The number of aliphatic hydroxyl groups is 6. The van der Waals surface area contributed by atoms with Crippen LogP contribution in [0.4, 0.5) is 19.2 Å². The van der Waals surface area contributed by atoms with Crippen molar-refractivity contribution in [3.05, 3.63) is 10.4 Å². The highest BCUT2D eigenvalue weighted by Crippen LogP contribution is 2.33. The summed E-state index contributed by atoms with van der Waals surface area (Å²) in [5.74, 6) is 0. The minimum Gasteiger partial charge on any atom is -0.444 e. The van der Waals surface area contributed by atoms with E-state index in [4.69, 9.17) is 48.2 Å². The average Bonchev–Trinajstić information content (AvgIpc) is 3.10. The van der Waals surface area contributed by atoms with Gasteiger partial charge in [-0.2, -0.15) is 0 Å². The fourth-order valence-corrected chi connectivity index (χ4v) is 6.18. The molecule has 26 nitrogen and oxygen atoms in total. The summed E-state index contributed by atoms with van der Waals surface area (Å²) in [5.41, 5.74) is 4.93. The first kappa shape index (κ1) is 53.3. The number of nitrogens with zero attached hydrogens (tertiary/aromatic N) is 3. The normalized spacial score (nSPS) is 34.0. The van der Waals surface area contributed by atoms with Crippen molar-refractivity contribution in [2.75, 3.05) is 13.1 Å². The van der Waals surface area contributed by atoms with Gasteiger partial charge in [0.05, 0.1) is 18.7 Å². The van der Waals surface area contributed by atoms with E-state index in [1.165, 1.54) is 0 Å². The van der Waals surface area contributed by atoms with Crippen LogP contribution >= 0.6 is 0 Å². The van der Waals surface area contributed by atoms with E-state index in [0.29, 0.717) is 0 Å². The number of ether oxygens (including phenoxy) is 9. The number of carbonyl (C=O) groups is 4. The second-order valence-corrected chi connectivity index (χ2v) is 19.0. The molecule has 0 radical (unpaired) electrons. The molecule has 26 heteroatoms. The fourth-order valence-electron chi connectivity index (χ4n) is 6.18. The van der Waals surface area contributed by atoms with Crippen LogP contribution in [-0.4, -0.2) is 183 Å². The maximum Gasteiger partial charge on any atom is 0.409 e. The van der Waals surface area contributed by atoms with Gasteiger partial charge < -0.3 is 83.9 Å². The average molecular weight is 912 g/mol. The van der Waals surface area contributed by atoms with Crippen LogP contribution in [-0.2, 0) is 42.6 Å². The first-order chi connectivity index (χ1) is 28.8. The molecule has 3 fully saturated rings. The Bertz CT molecular complexity index is 1610. The zero-order valence-electron chi connectivity index (χ0n) is 37.4. The lowest BCUT2D eigenvalue weighted by molar-refractivity contribution is -0.359. The Morgan fingerprint density at radius 2 is 0.952 bits per heavy atom. The standard InChI is InChI=1S/C37H65N7O19/c1-34(2,3)60-30(51)39-13-15-19(46)21(48)22(49)29(55-15)58-25-23(50)24(26(42-32(53)62-36(7,8)9)59-27(25)43-33(54)63-37(10,11)12)57-28-20(47)17(41-31(52)61-35(4,5)6)18(45)16(56-28)14-40-44-38/h15-29,45-50H,13-14H2,1-12H3,(H,39,51)(H,41,52)(H,42,53)(H,43,54)/t15?,16?,17-,18+,19-,20?,21?,22+,23?,24+,25+,26+,27?,28+,29-/m0/s1. The number of hydrogen-bond acceptors (Lipinski definition) is 20. The molecule has 0 aliphatic carbocycles. The first-order valence-electron chi connectivity index (χ1n) is 20.1. The molecule has 0 aromatic rings. The zero-order valence-corrected chi connectivity index (χ0v) is 37.4. The highest BCUT2D eigenvalue weighted by Gasteiger charge is 2.55. The van der Waals surface area contributed by atoms with Crippen molar-refractivity contribution >= 4 is 24.4 Å². The molecule has 3 aliphatic heterocycles. The number of nitrogens with one attached hydrogen (secondary N) is 4. The molecule has 0 bridgehead atoms. The monoisotopic (exact) mass is 911 g/mol. The van der Waals surface area contributed by atoms with Crippen LogP contribution in [0.2, 0.25) is 0 Å². The second kappa shape index (κ2) is 21.3. The van der Waals surface area contributed by atoms with Crippen molar-refractivity contribution in [3.8, 4) is 0 Å². The van der Waals surface area contributed by atoms with Gasteiger partial charge >= 0.3 is 24.4 Å². The van der Waals surface area contributed by atoms with Crippen LogP contribution in [0.15, 0.2) is 5.11 Å². The number of azide groups is 1. The molecule has 3 saturated heterocycles. The lowest BCUT2D eigenvalue weighted by Gasteiger charge is -2.49. The molecule has 0 saturated carbocycles. The number of amides is 4. The predicted octanol–water partition coefficient (Wildman–Crippen LogP) is -0.168. The smallest absolute Gasteiger partial charge is 0.409 e. The van der Waals surface area contributed by atoms with Crippen molar-refractivity contribution in [1.29, 1.82) is 0 Å². The van der Waals surface area contributed by atoms with Crippen molar-refractivity contribution in [2.45, 2.75) is 198 Å². The molecular formula is C37H65N7O19. The summed E-state index contributed by atoms with van der Waals surface area (Å²) >= 11 is 0. The number of rotatable bonds is 11. The highest BCUT2D eigenvalue weighted by molar-refractivity contribution is 5.69. The third kappa shape index (κ3) is 16.5. The van der Waals surface area contributed by atoms with Gasteiger partial charge in [0.25, 0.3) is 0 Å². The Labute approximate surface area is 364 Å². The van der Waals surface area contributed by atoms with E-state index in [9.17, 15) is 49.8 Å². The van der Waals surface area contributed by atoms with Crippen molar-refractivity contribution in [3.63, 3.8) is 0 Å². The second-order valence-electron chi connectivity index (χ2n) is 19.0. The summed E-state index contributed by atoms with van der Waals surface area (Å²) in [7, 11) is 0. The molecular weight excluding hydrogens is 846 g/mol. The Hall–Kier alpha value is -4.05. The summed E-state index contributed by atoms with van der Waals surface area (Å²) in [5, 5.41) is 80.4. The van der Waals surface area contributed by atoms with Gasteiger partial charge in [-0.3, -0.25) is 10.6 Å². The predicted molar refractivity (Wildman–Crippen MR) is 212 cm³/mol. The molecule has 0 aromatic carbocycles. The number of alkyl carbamates (subject to hydrolysis) is 4. The third-order valence-corrected chi connectivity index (χ3v) is 8.69. The van der Waals surface area contributed by atoms with Crippen LogP contribution in [0.5, 0.6) is 0 Å². The summed E-state index contributed by atoms with van der Waals surface area (Å²) < 4.78 is 50.9. The van der Waals surface area contributed by atoms with Gasteiger partial charge in [0.15, 0.2) is 25.0 Å². The van der Waals surface area contributed by atoms with Crippen molar-refractivity contribution in [2.24, 2.45) is 5.11 Å². The van der Waals surface area contributed by atoms with Crippen LogP contribution in [0, 0.1) is 0 Å². The van der Waals surface area contributed by atoms with Crippen molar-refractivity contribution in [1.82, 2.24) is 21.3 Å². The van der Waals surface area contributed by atoms with Gasteiger partial charge in [-0.15, -0.1) is 0 Å². The maximum atomic E-state index is 13.2. The maximum absolute atomic E-state index is 13.2. The molecule has 362 valence electrons. The van der Waals surface area contributed by atoms with Crippen LogP contribution in [0.25, 0.3) is 10.4 Å². The molecule has 3 rings (SSSR count). The minimum atomic E-state index is -2.15. The van der Waals surface area contributed by atoms with E-state index >= 15 is 0 Å². The lowest BCUT2D eigenvalue weighted by atomic mass is 9.95. The summed E-state index contributed by atoms with van der Waals surface area (Å²) in [6, 6.07) is -1.64. The van der Waals surface area contributed by atoms with Gasteiger partial charge in [0.2, 0.25) is 0 Å². The van der Waals surface area contributed by atoms with Gasteiger partial charge in [0, 0.05) is 11.5 Å². The topological polar surface area (TPSA) is 370 Å². The van der Waals surface area contributed by atoms with E-state index in [-0.39, 0.29) is 0 Å². The van der Waals surface area contributed by atoms with E-state index in [1.54, 1.807) is 83.1 Å². The van der Waals surface area contributed by atoms with Crippen LogP contribution in [0.1, 0.15) is 83.1 Å². The van der Waals surface area contributed by atoms with Gasteiger partial charge in [-0.1, -0.05) is 5.11 Å². The number of carbonyl (C=O) groups excluding carboxylic acids is 4. The van der Waals surface area contributed by atoms with Gasteiger partial charge in [-0.05, 0) is 88.6 Å². The molecule has 63 heavy (non-hydrogen) atoms. The van der Waals surface area contributed by atoms with Crippen LogP contribution < -0.4 is 21.3 Å². The van der Waals surface area contributed by atoms with Gasteiger partial charge in [-0.25, -0.2) is 19.2 Å². The van der Waals surface area contributed by atoms with E-state index < -0.39 is 152 Å². The van der Waals surface area contributed by atoms with E-state index in [2.05, 4.69) is 31.3 Å². The largest absolute Gasteiger partial charge is 0.444 e. The van der Waals surface area contributed by atoms with Gasteiger partial charge in [0.1, 0.15) is 77.3 Å². The Balaban J connectivity index is 2.08. The third-order valence-electron chi connectivity index (χ3n) is 8.69. The fraction of sp³-hybridized carbons (Fsp3) is 0.892. The van der Waals surface area contributed by atoms with Crippen molar-refractivity contribution < 1.29 is 92.4 Å². The van der Waals surface area contributed by atoms with E-state index in [1.807, 2.05) is 0 Å². The Kier molecular flexibility index (Phi) is 18.0. The zero-order chi connectivity index (χ0) is 48.0. The number of aliphatic hydroxyl groups excluding tert-OH is 6. The molecule has 6 unspecified atom stereocenters. The SMILES string of the molecule is CC(C)(C)OC(=O)NCC1O[C@@H](O[C@H]2C(NC(=O)OC(C)(C)C)O[C@@H](NC(=O)OC(C)(C)C)[C@H](O[C@H]3OC(CN=[N+]=[N-])[C@@H](O)[C@H](NC(=O)OC(C)(C)C)C3O)C2O)[C@H](O)C(O)[C@H]1O. The summed E-state index contributed by atoms with van der Waals surface area (Å²) in [4.78, 5) is 54.3. The number of hydrogen-bond donors (Lipinski definition) is 10. The minimum absolute atomic E-state index is 0.491. The Morgan fingerprint density at radius 3 is 1.40 bits per heavy atom. The molecule has 3 aliphatic rings. The molecule has 10 N–H and O–H groups in total. The summed E-state index contributed by atoms with van der Waals surface area (Å²) in [6.07, 6.45) is -30.5. The van der Waals surface area contributed by atoms with Crippen LogP contribution in [0.3, 0.4) is 0 Å². The quantitative estimate of drug-likeness (QED) is 0.0557.